The summed E-state index contributed by atoms with van der Waals surface area (Å²) in [4.78, 5) is 8.75. The molecule has 5 rings (SSSR count). The Morgan fingerprint density at radius 1 is 1.00 bits per heavy atom. The molecule has 2 aromatic carbocycles. The third kappa shape index (κ3) is 4.34. The average molecular weight is 443 g/mol. The molecule has 0 aliphatic rings. The van der Waals surface area contributed by atoms with Crippen molar-refractivity contribution < 1.29 is 0 Å². The average Bonchev–Trinajstić information content (AvgIpc) is 3.46. The second-order valence-electron chi connectivity index (χ2n) is 7.33. The molecule has 0 saturated carbocycles. The number of nitrogens with zero attached hydrogens (tertiary/aromatic N) is 5. The maximum absolute atomic E-state index is 4.38. The number of nitrogens with one attached hydrogen (secondary N) is 3. The lowest BCUT2D eigenvalue weighted by Crippen LogP contribution is -2.24. The SMILES string of the molecule is Cc1[nH]nc2ccc(-c3nnc(NCNCCc4ccccc4-c4ncccn4)s3)cc12. The molecule has 5 aromatic rings. The first kappa shape index (κ1) is 20.2. The van der Waals surface area contributed by atoms with Crippen molar-refractivity contribution in [1.29, 1.82) is 0 Å². The van der Waals surface area contributed by atoms with E-state index in [2.05, 4.69) is 59.2 Å². The van der Waals surface area contributed by atoms with Crippen LogP contribution in [-0.2, 0) is 6.42 Å². The summed E-state index contributed by atoms with van der Waals surface area (Å²) >= 11 is 1.54. The van der Waals surface area contributed by atoms with Gasteiger partial charge in [0.2, 0.25) is 5.13 Å². The van der Waals surface area contributed by atoms with E-state index in [-0.39, 0.29) is 0 Å². The molecule has 0 saturated heterocycles. The van der Waals surface area contributed by atoms with Crippen molar-refractivity contribution in [3.8, 4) is 22.0 Å². The minimum Gasteiger partial charge on any atom is -0.348 e. The highest BCUT2D eigenvalue weighted by molar-refractivity contribution is 7.18. The van der Waals surface area contributed by atoms with Gasteiger partial charge in [-0.2, -0.15) is 5.10 Å². The molecule has 0 amide bonds. The third-order valence-corrected chi connectivity index (χ3v) is 6.11. The standard InChI is InChI=1S/C23H22N8S/c1-15-19-13-17(7-8-20(19)29-28-15)22-30-31-23(32-22)27-14-24-12-9-16-5-2-3-6-18(16)21-25-10-4-11-26-21/h2-8,10-11,13,24H,9,12,14H2,1H3,(H,27,31)(H,28,29). The van der Waals surface area contributed by atoms with Gasteiger partial charge in [-0.3, -0.25) is 10.4 Å². The molecule has 0 bridgehead atoms. The van der Waals surface area contributed by atoms with Crippen LogP contribution in [0, 0.1) is 6.92 Å². The van der Waals surface area contributed by atoms with Crippen LogP contribution < -0.4 is 10.6 Å². The third-order valence-electron chi connectivity index (χ3n) is 5.18. The number of benzene rings is 2. The number of aryl methyl sites for hydroxylation is 1. The zero-order valence-corrected chi connectivity index (χ0v) is 18.4. The molecule has 3 N–H and O–H groups in total. The molecule has 32 heavy (non-hydrogen) atoms. The summed E-state index contributed by atoms with van der Waals surface area (Å²) < 4.78 is 0. The van der Waals surface area contributed by atoms with Crippen LogP contribution in [0.25, 0.3) is 32.9 Å². The maximum Gasteiger partial charge on any atom is 0.207 e. The molecule has 0 atom stereocenters. The van der Waals surface area contributed by atoms with Crippen LogP contribution in [-0.4, -0.2) is 43.6 Å². The predicted molar refractivity (Wildman–Crippen MR) is 127 cm³/mol. The van der Waals surface area contributed by atoms with E-state index in [0.29, 0.717) is 6.67 Å². The van der Waals surface area contributed by atoms with Crippen LogP contribution in [0.15, 0.2) is 60.9 Å². The van der Waals surface area contributed by atoms with Crippen molar-refractivity contribution in [2.45, 2.75) is 13.3 Å². The van der Waals surface area contributed by atoms with Gasteiger partial charge in [-0.1, -0.05) is 35.6 Å². The Bertz CT molecular complexity index is 1330. The van der Waals surface area contributed by atoms with E-state index >= 15 is 0 Å². The largest absolute Gasteiger partial charge is 0.348 e. The fraction of sp³-hybridized carbons (Fsp3) is 0.174. The van der Waals surface area contributed by atoms with Crippen LogP contribution >= 0.6 is 11.3 Å². The lowest BCUT2D eigenvalue weighted by molar-refractivity contribution is 0.722. The van der Waals surface area contributed by atoms with Crippen molar-refractivity contribution in [2.24, 2.45) is 0 Å². The van der Waals surface area contributed by atoms with Gasteiger partial charge in [0.1, 0.15) is 5.01 Å². The van der Waals surface area contributed by atoms with Gasteiger partial charge >= 0.3 is 0 Å². The van der Waals surface area contributed by atoms with Crippen LogP contribution in [0.1, 0.15) is 11.3 Å². The van der Waals surface area contributed by atoms with E-state index in [9.17, 15) is 0 Å². The summed E-state index contributed by atoms with van der Waals surface area (Å²) in [5, 5.41) is 25.4. The normalized spacial score (nSPS) is 11.2. The highest BCUT2D eigenvalue weighted by atomic mass is 32.1. The van der Waals surface area contributed by atoms with Crippen molar-refractivity contribution in [2.75, 3.05) is 18.5 Å². The van der Waals surface area contributed by atoms with E-state index in [1.807, 2.05) is 37.3 Å². The van der Waals surface area contributed by atoms with Crippen LogP contribution in [0.4, 0.5) is 5.13 Å². The predicted octanol–water partition coefficient (Wildman–Crippen LogP) is 4.05. The second kappa shape index (κ2) is 9.21. The summed E-state index contributed by atoms with van der Waals surface area (Å²) in [7, 11) is 0. The number of anilines is 1. The van der Waals surface area contributed by atoms with E-state index in [1.54, 1.807) is 12.4 Å². The minimum absolute atomic E-state index is 0.610. The Morgan fingerprint density at radius 2 is 1.88 bits per heavy atom. The molecule has 0 unspecified atom stereocenters. The lowest BCUT2D eigenvalue weighted by atomic mass is 10.0. The zero-order valence-electron chi connectivity index (χ0n) is 17.5. The lowest BCUT2D eigenvalue weighted by Gasteiger charge is -2.09. The monoisotopic (exact) mass is 442 g/mol. The fourth-order valence-corrected chi connectivity index (χ4v) is 4.26. The molecule has 0 aliphatic heterocycles. The summed E-state index contributed by atoms with van der Waals surface area (Å²) in [5.41, 5.74) is 5.34. The molecular weight excluding hydrogens is 420 g/mol. The van der Waals surface area contributed by atoms with Gasteiger partial charge < -0.3 is 5.32 Å². The molecule has 0 fully saturated rings. The van der Waals surface area contributed by atoms with E-state index in [4.69, 9.17) is 0 Å². The Kier molecular flexibility index (Phi) is 5.82. The van der Waals surface area contributed by atoms with Crippen LogP contribution in [0.2, 0.25) is 0 Å². The maximum atomic E-state index is 4.38. The molecule has 160 valence electrons. The van der Waals surface area contributed by atoms with Gasteiger partial charge in [0.15, 0.2) is 5.82 Å². The summed E-state index contributed by atoms with van der Waals surface area (Å²) in [6.07, 6.45) is 4.42. The first-order valence-corrected chi connectivity index (χ1v) is 11.2. The highest BCUT2D eigenvalue weighted by Gasteiger charge is 2.10. The van der Waals surface area contributed by atoms with Crippen LogP contribution in [0.3, 0.4) is 0 Å². The summed E-state index contributed by atoms with van der Waals surface area (Å²) in [6, 6.07) is 16.2. The van der Waals surface area contributed by atoms with Crippen LogP contribution in [0.5, 0.6) is 0 Å². The van der Waals surface area contributed by atoms with Gasteiger partial charge in [-0.25, -0.2) is 9.97 Å². The van der Waals surface area contributed by atoms with Gasteiger partial charge in [0.05, 0.1) is 12.2 Å². The quantitative estimate of drug-likeness (QED) is 0.246. The number of hydrogen-bond acceptors (Lipinski definition) is 8. The first-order valence-electron chi connectivity index (χ1n) is 10.4. The molecule has 0 spiro atoms. The van der Waals surface area contributed by atoms with Gasteiger partial charge in [0.25, 0.3) is 0 Å². The number of aromatic nitrogens is 6. The number of fused-ring (bicyclic) bond motifs is 1. The minimum atomic E-state index is 0.610. The number of rotatable bonds is 8. The Labute approximate surface area is 189 Å². The summed E-state index contributed by atoms with van der Waals surface area (Å²) in [6.45, 7) is 3.45. The van der Waals surface area contributed by atoms with Gasteiger partial charge in [-0.05, 0) is 43.2 Å². The molecule has 0 radical (unpaired) electrons. The van der Waals surface area contributed by atoms with Gasteiger partial charge in [-0.15, -0.1) is 10.2 Å². The number of aromatic amines is 1. The molecule has 8 nitrogen and oxygen atoms in total. The van der Waals surface area contributed by atoms with Crippen molar-refractivity contribution in [3.63, 3.8) is 0 Å². The Morgan fingerprint density at radius 3 is 2.78 bits per heavy atom. The van der Waals surface area contributed by atoms with Crippen molar-refractivity contribution >= 4 is 27.4 Å². The van der Waals surface area contributed by atoms with Crippen molar-refractivity contribution in [1.82, 2.24) is 35.7 Å². The molecular formula is C23H22N8S. The van der Waals surface area contributed by atoms with E-state index in [0.717, 1.165) is 56.7 Å². The molecule has 3 heterocycles. The second-order valence-corrected chi connectivity index (χ2v) is 8.30. The highest BCUT2D eigenvalue weighted by Crippen LogP contribution is 2.29. The molecule has 0 aliphatic carbocycles. The number of hydrogen-bond donors (Lipinski definition) is 3. The summed E-state index contributed by atoms with van der Waals surface area (Å²) in [5.74, 6) is 0.756. The zero-order chi connectivity index (χ0) is 21.8. The molecule has 9 heteroatoms. The van der Waals surface area contributed by atoms with E-state index in [1.165, 1.54) is 16.9 Å². The van der Waals surface area contributed by atoms with Gasteiger partial charge in [0, 0.05) is 41.1 Å². The van der Waals surface area contributed by atoms with Crippen molar-refractivity contribution in [3.05, 3.63) is 72.2 Å². The van der Waals surface area contributed by atoms with E-state index < -0.39 is 0 Å². The smallest absolute Gasteiger partial charge is 0.207 e. The Hall–Kier alpha value is -3.69. The number of H-pyrrole nitrogens is 1. The topological polar surface area (TPSA) is 104 Å². The Balaban J connectivity index is 1.15. The fourth-order valence-electron chi connectivity index (χ4n) is 3.53. The first-order chi connectivity index (χ1) is 15.8. The molecule has 3 aromatic heterocycles.